The molecule has 1 aromatic carbocycles. The van der Waals surface area contributed by atoms with Gasteiger partial charge in [0, 0.05) is 17.6 Å². The zero-order valence-electron chi connectivity index (χ0n) is 11.6. The Morgan fingerprint density at radius 3 is 2.82 bits per heavy atom. The fourth-order valence-corrected chi connectivity index (χ4v) is 2.52. The van der Waals surface area contributed by atoms with E-state index in [0.717, 1.165) is 10.9 Å². The van der Waals surface area contributed by atoms with E-state index in [0.29, 0.717) is 23.2 Å². The second kappa shape index (κ2) is 6.19. The van der Waals surface area contributed by atoms with Crippen molar-refractivity contribution in [3.8, 4) is 0 Å². The van der Waals surface area contributed by atoms with Crippen LogP contribution in [0.5, 0.6) is 0 Å². The van der Waals surface area contributed by atoms with Crippen LogP contribution in [0.1, 0.15) is 16.1 Å². The number of nitrogens with one attached hydrogen (secondary N) is 2. The Balaban J connectivity index is 1.68. The minimum Gasteiger partial charge on any atom is -0.444 e. The van der Waals surface area contributed by atoms with E-state index in [9.17, 15) is 9.59 Å². The number of aromatic amines is 1. The molecular formula is C16H13BrN2O3. The number of furan rings is 1. The summed E-state index contributed by atoms with van der Waals surface area (Å²) < 4.78 is 5.67. The first-order valence-corrected chi connectivity index (χ1v) is 7.57. The molecule has 0 fully saturated rings. The van der Waals surface area contributed by atoms with E-state index in [4.69, 9.17) is 4.42 Å². The van der Waals surface area contributed by atoms with Crippen molar-refractivity contribution in [2.24, 2.45) is 0 Å². The van der Waals surface area contributed by atoms with E-state index < -0.39 is 0 Å². The minimum atomic E-state index is -0.303. The van der Waals surface area contributed by atoms with Crippen LogP contribution in [0.2, 0.25) is 0 Å². The van der Waals surface area contributed by atoms with Gasteiger partial charge in [0.15, 0.2) is 10.4 Å². The summed E-state index contributed by atoms with van der Waals surface area (Å²) in [6, 6.07) is 12.7. The molecule has 22 heavy (non-hydrogen) atoms. The zero-order valence-corrected chi connectivity index (χ0v) is 13.1. The summed E-state index contributed by atoms with van der Waals surface area (Å²) in [5.41, 5.74) is 1.31. The third-order valence-electron chi connectivity index (χ3n) is 3.31. The van der Waals surface area contributed by atoms with Crippen molar-refractivity contribution in [3.63, 3.8) is 0 Å². The molecule has 2 heterocycles. The van der Waals surface area contributed by atoms with Crippen molar-refractivity contribution in [3.05, 3.63) is 68.8 Å². The molecule has 2 aromatic heterocycles. The molecule has 0 saturated heterocycles. The molecule has 3 aromatic rings. The molecule has 0 aliphatic heterocycles. The zero-order chi connectivity index (χ0) is 15.5. The summed E-state index contributed by atoms with van der Waals surface area (Å²) in [5.74, 6) is -0.0674. The Hall–Kier alpha value is -2.34. The number of para-hydroxylation sites is 1. The van der Waals surface area contributed by atoms with Crippen LogP contribution in [0.3, 0.4) is 0 Å². The predicted molar refractivity (Wildman–Crippen MR) is 87.0 cm³/mol. The first-order valence-electron chi connectivity index (χ1n) is 6.78. The Morgan fingerprint density at radius 2 is 2.05 bits per heavy atom. The molecule has 0 saturated carbocycles. The molecule has 2 N–H and O–H groups in total. The lowest BCUT2D eigenvalue weighted by Crippen LogP contribution is -2.27. The van der Waals surface area contributed by atoms with Crippen molar-refractivity contribution < 1.29 is 9.21 Å². The Morgan fingerprint density at radius 1 is 1.23 bits per heavy atom. The van der Waals surface area contributed by atoms with E-state index in [1.54, 1.807) is 12.1 Å². The standard InChI is InChI=1S/C16H13BrN2O3/c17-14-6-5-13(22-14)16(21)18-8-7-11-9-10-3-1-2-4-12(10)19-15(11)20/h1-6,9H,7-8H2,(H,18,21)(H,19,20). The van der Waals surface area contributed by atoms with E-state index in [1.165, 1.54) is 0 Å². The fraction of sp³-hybridized carbons (Fsp3) is 0.125. The van der Waals surface area contributed by atoms with E-state index >= 15 is 0 Å². The van der Waals surface area contributed by atoms with Crippen molar-refractivity contribution >= 4 is 32.7 Å². The highest BCUT2D eigenvalue weighted by molar-refractivity contribution is 9.10. The first-order chi connectivity index (χ1) is 10.6. The number of carbonyl (C=O) groups is 1. The van der Waals surface area contributed by atoms with E-state index in [1.807, 2.05) is 30.3 Å². The van der Waals surface area contributed by atoms with Crippen LogP contribution in [0.15, 0.2) is 56.3 Å². The van der Waals surface area contributed by atoms with Crippen LogP contribution < -0.4 is 10.9 Å². The number of carbonyl (C=O) groups excluding carboxylic acids is 1. The average molecular weight is 361 g/mol. The molecule has 0 spiro atoms. The first kappa shape index (κ1) is 14.6. The van der Waals surface area contributed by atoms with Crippen molar-refractivity contribution in [1.82, 2.24) is 10.3 Å². The SMILES string of the molecule is O=C(NCCc1cc2ccccc2[nH]c1=O)c1ccc(Br)o1. The maximum Gasteiger partial charge on any atom is 0.287 e. The number of rotatable bonds is 4. The third kappa shape index (κ3) is 3.12. The number of halogens is 1. The van der Waals surface area contributed by atoms with Gasteiger partial charge in [0.2, 0.25) is 0 Å². The number of aromatic nitrogens is 1. The van der Waals surface area contributed by atoms with Gasteiger partial charge < -0.3 is 14.7 Å². The monoisotopic (exact) mass is 360 g/mol. The highest BCUT2D eigenvalue weighted by Gasteiger charge is 2.10. The highest BCUT2D eigenvalue weighted by Crippen LogP contribution is 2.14. The summed E-state index contributed by atoms with van der Waals surface area (Å²) in [5, 5.41) is 3.70. The van der Waals surface area contributed by atoms with Crippen LogP contribution in [0.25, 0.3) is 10.9 Å². The molecular weight excluding hydrogens is 348 g/mol. The van der Waals surface area contributed by atoms with Gasteiger partial charge in [-0.3, -0.25) is 9.59 Å². The Labute approximate surface area is 134 Å². The molecule has 0 aliphatic carbocycles. The van der Waals surface area contributed by atoms with Gasteiger partial charge >= 0.3 is 0 Å². The third-order valence-corrected chi connectivity index (χ3v) is 3.73. The van der Waals surface area contributed by atoms with Gasteiger partial charge in [-0.25, -0.2) is 0 Å². The molecule has 0 bridgehead atoms. The number of pyridine rings is 1. The summed E-state index contributed by atoms with van der Waals surface area (Å²) in [7, 11) is 0. The van der Waals surface area contributed by atoms with Gasteiger partial charge in [0.05, 0.1) is 0 Å². The summed E-state index contributed by atoms with van der Waals surface area (Å²) in [4.78, 5) is 26.7. The smallest absolute Gasteiger partial charge is 0.287 e. The number of fused-ring (bicyclic) bond motifs is 1. The van der Waals surface area contributed by atoms with Crippen LogP contribution in [-0.4, -0.2) is 17.4 Å². The van der Waals surface area contributed by atoms with Crippen LogP contribution >= 0.6 is 15.9 Å². The fourth-order valence-electron chi connectivity index (χ4n) is 2.21. The lowest BCUT2D eigenvalue weighted by molar-refractivity contribution is 0.0925. The molecule has 3 rings (SSSR count). The summed E-state index contributed by atoms with van der Waals surface area (Å²) in [6.07, 6.45) is 0.452. The van der Waals surface area contributed by atoms with E-state index in [-0.39, 0.29) is 17.2 Å². The van der Waals surface area contributed by atoms with Gasteiger partial charge in [0.25, 0.3) is 11.5 Å². The molecule has 0 unspecified atom stereocenters. The van der Waals surface area contributed by atoms with Crippen LogP contribution in [0, 0.1) is 0 Å². The number of amides is 1. The van der Waals surface area contributed by atoms with Crippen molar-refractivity contribution in [1.29, 1.82) is 0 Å². The van der Waals surface area contributed by atoms with Crippen LogP contribution in [0.4, 0.5) is 0 Å². The lowest BCUT2D eigenvalue weighted by Gasteiger charge is -2.04. The quantitative estimate of drug-likeness (QED) is 0.751. The summed E-state index contributed by atoms with van der Waals surface area (Å²) >= 11 is 3.15. The minimum absolute atomic E-state index is 0.131. The highest BCUT2D eigenvalue weighted by atomic mass is 79.9. The maximum absolute atomic E-state index is 12.0. The molecule has 6 heteroatoms. The van der Waals surface area contributed by atoms with Gasteiger partial charge in [-0.1, -0.05) is 18.2 Å². The summed E-state index contributed by atoms with van der Waals surface area (Å²) in [6.45, 7) is 0.360. The van der Waals surface area contributed by atoms with Crippen molar-refractivity contribution in [2.75, 3.05) is 6.54 Å². The van der Waals surface area contributed by atoms with E-state index in [2.05, 4.69) is 26.2 Å². The molecule has 0 atom stereocenters. The second-order valence-corrected chi connectivity index (χ2v) is 5.60. The van der Waals surface area contributed by atoms with Gasteiger partial charge in [-0.2, -0.15) is 0 Å². The lowest BCUT2D eigenvalue weighted by atomic mass is 10.1. The molecule has 1 amide bonds. The van der Waals surface area contributed by atoms with Gasteiger partial charge in [-0.05, 0) is 52.0 Å². The number of H-pyrrole nitrogens is 1. The Kier molecular flexibility index (Phi) is 4.11. The molecule has 0 aliphatic rings. The largest absolute Gasteiger partial charge is 0.444 e. The maximum atomic E-state index is 12.0. The van der Waals surface area contributed by atoms with Crippen molar-refractivity contribution in [2.45, 2.75) is 6.42 Å². The number of benzene rings is 1. The molecule has 112 valence electrons. The normalized spacial score (nSPS) is 10.8. The topological polar surface area (TPSA) is 75.1 Å². The average Bonchev–Trinajstić information content (AvgIpc) is 2.94. The van der Waals surface area contributed by atoms with Gasteiger partial charge in [-0.15, -0.1) is 0 Å². The molecule has 5 nitrogen and oxygen atoms in total. The van der Waals surface area contributed by atoms with Crippen LogP contribution in [-0.2, 0) is 6.42 Å². The number of hydrogen-bond acceptors (Lipinski definition) is 3. The molecule has 0 radical (unpaired) electrons. The Bertz CT molecular complexity index is 882. The second-order valence-electron chi connectivity index (χ2n) is 4.82. The number of hydrogen-bond donors (Lipinski definition) is 2. The van der Waals surface area contributed by atoms with Gasteiger partial charge in [0.1, 0.15) is 0 Å². The predicted octanol–water partition coefficient (Wildman–Crippen LogP) is 2.86.